The van der Waals surface area contributed by atoms with Gasteiger partial charge in [-0.2, -0.15) is 12.6 Å². The number of phenols is 1. The molecule has 1 rings (SSSR count). The number of nitrogens with two attached hydrogens (primary N) is 1. The van der Waals surface area contributed by atoms with Crippen molar-refractivity contribution in [2.75, 3.05) is 5.75 Å². The minimum atomic E-state index is -1.79. The predicted octanol–water partition coefficient (Wildman–Crippen LogP) is -2.41. The molecule has 3 amide bonds. The maximum atomic E-state index is 12.6. The minimum absolute atomic E-state index is 0.0444. The first-order valence-electron chi connectivity index (χ1n) is 10.0. The zero-order chi connectivity index (χ0) is 26.0. The Morgan fingerprint density at radius 1 is 0.941 bits per heavy atom. The number of thiol groups is 1. The number of nitrogens with one attached hydrogen (secondary N) is 3. The van der Waals surface area contributed by atoms with E-state index in [-0.39, 0.29) is 17.9 Å². The Hall–Kier alpha value is -3.36. The van der Waals surface area contributed by atoms with E-state index in [1.54, 1.807) is 12.1 Å². The highest BCUT2D eigenvalue weighted by atomic mass is 32.1. The summed E-state index contributed by atoms with van der Waals surface area (Å²) in [7, 11) is 0. The number of hydrogen-bond acceptors (Lipinski definition) is 9. The molecule has 0 radical (unpaired) electrons. The van der Waals surface area contributed by atoms with Crippen LogP contribution in [-0.2, 0) is 30.4 Å². The second kappa shape index (κ2) is 13.4. The average Bonchev–Trinajstić information content (AvgIpc) is 2.75. The quantitative estimate of drug-likeness (QED) is 0.130. The predicted molar refractivity (Wildman–Crippen MR) is 121 cm³/mol. The van der Waals surface area contributed by atoms with E-state index < -0.39 is 66.4 Å². The van der Waals surface area contributed by atoms with Crippen LogP contribution in [0.15, 0.2) is 24.3 Å². The maximum Gasteiger partial charge on any atom is 0.326 e. The van der Waals surface area contributed by atoms with Gasteiger partial charge >= 0.3 is 11.9 Å². The molecular weight excluding hydrogens is 472 g/mol. The number of carboxylic acids is 2. The van der Waals surface area contributed by atoms with Gasteiger partial charge in [0.05, 0.1) is 18.6 Å². The molecule has 0 saturated heterocycles. The highest BCUT2D eigenvalue weighted by Crippen LogP contribution is 2.11. The smallest absolute Gasteiger partial charge is 0.326 e. The number of carbonyl (C=O) groups is 5. The second-order valence-corrected chi connectivity index (χ2v) is 7.81. The molecule has 13 nitrogen and oxygen atoms in total. The van der Waals surface area contributed by atoms with E-state index in [0.717, 1.165) is 6.92 Å². The molecule has 9 N–H and O–H groups in total. The third kappa shape index (κ3) is 9.25. The van der Waals surface area contributed by atoms with E-state index in [4.69, 9.17) is 15.9 Å². The fourth-order valence-corrected chi connectivity index (χ4v) is 3.00. The summed E-state index contributed by atoms with van der Waals surface area (Å²) in [5, 5.41) is 43.5. The molecule has 34 heavy (non-hydrogen) atoms. The number of aliphatic hydroxyl groups is 1. The summed E-state index contributed by atoms with van der Waals surface area (Å²) >= 11 is 4.00. The Bertz CT molecular complexity index is 895. The van der Waals surface area contributed by atoms with Crippen molar-refractivity contribution >= 4 is 42.3 Å². The van der Waals surface area contributed by atoms with Gasteiger partial charge in [-0.15, -0.1) is 0 Å². The summed E-state index contributed by atoms with van der Waals surface area (Å²) < 4.78 is 0. The Morgan fingerprint density at radius 3 is 1.97 bits per heavy atom. The molecular formula is C20H28N4O9S. The van der Waals surface area contributed by atoms with Gasteiger partial charge in [0.2, 0.25) is 17.7 Å². The molecule has 188 valence electrons. The van der Waals surface area contributed by atoms with Crippen LogP contribution in [0.1, 0.15) is 18.9 Å². The van der Waals surface area contributed by atoms with Crippen molar-refractivity contribution in [2.45, 2.75) is 50.0 Å². The van der Waals surface area contributed by atoms with E-state index >= 15 is 0 Å². The lowest BCUT2D eigenvalue weighted by Crippen LogP contribution is -2.60. The normalized spacial score (nSPS) is 15.2. The average molecular weight is 501 g/mol. The zero-order valence-corrected chi connectivity index (χ0v) is 19.1. The van der Waals surface area contributed by atoms with Gasteiger partial charge in [0.1, 0.15) is 23.9 Å². The molecule has 5 unspecified atom stereocenters. The molecule has 0 aliphatic heterocycles. The van der Waals surface area contributed by atoms with Crippen molar-refractivity contribution in [1.29, 1.82) is 0 Å². The summed E-state index contributed by atoms with van der Waals surface area (Å²) in [6.07, 6.45) is -2.31. The van der Waals surface area contributed by atoms with Gasteiger partial charge in [-0.05, 0) is 31.0 Å². The van der Waals surface area contributed by atoms with Crippen LogP contribution in [-0.4, -0.2) is 86.1 Å². The van der Waals surface area contributed by atoms with Crippen molar-refractivity contribution in [3.8, 4) is 5.75 Å². The molecule has 0 saturated carbocycles. The van der Waals surface area contributed by atoms with Crippen LogP contribution in [0.5, 0.6) is 5.75 Å². The summed E-state index contributed by atoms with van der Waals surface area (Å²) in [4.78, 5) is 59.4. The van der Waals surface area contributed by atoms with E-state index in [9.17, 15) is 34.2 Å². The summed E-state index contributed by atoms with van der Waals surface area (Å²) in [6, 6.07) is 0.257. The molecule has 0 bridgehead atoms. The SMILES string of the molecule is CC(O)C(NC(=O)C(CS)NC(=O)C(N)Cc1ccc(O)cc1)C(=O)NC(CC(=O)O)C(=O)O. The summed E-state index contributed by atoms with van der Waals surface area (Å²) in [5.74, 6) is -6.00. The highest BCUT2D eigenvalue weighted by molar-refractivity contribution is 7.80. The van der Waals surface area contributed by atoms with Gasteiger partial charge in [-0.3, -0.25) is 19.2 Å². The van der Waals surface area contributed by atoms with Crippen molar-refractivity contribution in [2.24, 2.45) is 5.73 Å². The van der Waals surface area contributed by atoms with Crippen LogP contribution >= 0.6 is 12.6 Å². The van der Waals surface area contributed by atoms with Gasteiger partial charge in [-0.1, -0.05) is 12.1 Å². The number of benzene rings is 1. The molecule has 0 aliphatic rings. The standard InChI is InChI=1S/C20H28N4O9S/c1-9(25)16(19(31)22-13(20(32)33)7-15(27)28)24-18(30)14(8-34)23-17(29)12(21)6-10-2-4-11(26)5-3-10/h2-5,9,12-14,16,25-26,34H,6-8,21H2,1H3,(H,22,31)(H,23,29)(H,24,30)(H,27,28)(H,32,33). The third-order valence-electron chi connectivity index (χ3n) is 4.60. The number of hydrogen-bond donors (Lipinski definition) is 9. The van der Waals surface area contributed by atoms with Crippen molar-refractivity contribution in [3.05, 3.63) is 29.8 Å². The fraction of sp³-hybridized carbons (Fsp3) is 0.450. The maximum absolute atomic E-state index is 12.6. The highest BCUT2D eigenvalue weighted by Gasteiger charge is 2.33. The van der Waals surface area contributed by atoms with E-state index in [1.807, 2.05) is 5.32 Å². The van der Waals surface area contributed by atoms with E-state index in [1.165, 1.54) is 12.1 Å². The largest absolute Gasteiger partial charge is 0.508 e. The number of aliphatic carboxylic acids is 2. The van der Waals surface area contributed by atoms with Crippen molar-refractivity contribution in [3.63, 3.8) is 0 Å². The number of aromatic hydroxyl groups is 1. The van der Waals surface area contributed by atoms with Crippen molar-refractivity contribution < 1.29 is 44.4 Å². The summed E-state index contributed by atoms with van der Waals surface area (Å²) in [6.45, 7) is 1.15. The van der Waals surface area contributed by atoms with Crippen LogP contribution < -0.4 is 21.7 Å². The van der Waals surface area contributed by atoms with Crippen LogP contribution in [0.25, 0.3) is 0 Å². The first kappa shape index (κ1) is 28.7. The molecule has 5 atom stereocenters. The summed E-state index contributed by atoms with van der Waals surface area (Å²) in [5.41, 5.74) is 6.53. The molecule has 0 aromatic heterocycles. The van der Waals surface area contributed by atoms with E-state index in [0.29, 0.717) is 5.56 Å². The second-order valence-electron chi connectivity index (χ2n) is 7.44. The first-order chi connectivity index (χ1) is 15.8. The number of amides is 3. The molecule has 1 aromatic rings. The lowest BCUT2D eigenvalue weighted by Gasteiger charge is -2.25. The Kier molecular flexibility index (Phi) is 11.3. The van der Waals surface area contributed by atoms with Crippen LogP contribution in [0, 0.1) is 0 Å². The molecule has 0 heterocycles. The molecule has 0 spiro atoms. The van der Waals surface area contributed by atoms with Crippen LogP contribution in [0.2, 0.25) is 0 Å². The molecule has 0 fully saturated rings. The first-order valence-corrected chi connectivity index (χ1v) is 10.7. The van der Waals surface area contributed by atoms with Gasteiger partial charge in [-0.25, -0.2) is 4.79 Å². The molecule has 14 heteroatoms. The van der Waals surface area contributed by atoms with Crippen LogP contribution in [0.3, 0.4) is 0 Å². The van der Waals surface area contributed by atoms with E-state index in [2.05, 4.69) is 23.3 Å². The van der Waals surface area contributed by atoms with Crippen LogP contribution in [0.4, 0.5) is 0 Å². The number of aliphatic hydroxyl groups excluding tert-OH is 1. The Morgan fingerprint density at radius 2 is 1.50 bits per heavy atom. The lowest BCUT2D eigenvalue weighted by atomic mass is 10.1. The fourth-order valence-electron chi connectivity index (χ4n) is 2.75. The minimum Gasteiger partial charge on any atom is -0.508 e. The van der Waals surface area contributed by atoms with Gasteiger partial charge in [0.15, 0.2) is 0 Å². The third-order valence-corrected chi connectivity index (χ3v) is 4.97. The Labute approximate surface area is 200 Å². The number of carboxylic acid groups (broad SMARTS) is 2. The lowest BCUT2D eigenvalue weighted by molar-refractivity contribution is -0.147. The van der Waals surface area contributed by atoms with Gasteiger partial charge in [0, 0.05) is 5.75 Å². The number of carbonyl (C=O) groups excluding carboxylic acids is 3. The number of phenolic OH excluding ortho intramolecular Hbond substituents is 1. The van der Waals surface area contributed by atoms with Gasteiger partial charge < -0.3 is 42.1 Å². The molecule has 0 aliphatic carbocycles. The van der Waals surface area contributed by atoms with Gasteiger partial charge in [0.25, 0.3) is 0 Å². The molecule has 1 aromatic carbocycles. The monoisotopic (exact) mass is 500 g/mol. The Balaban J connectivity index is 2.80. The van der Waals surface area contributed by atoms with Crippen molar-refractivity contribution in [1.82, 2.24) is 16.0 Å². The zero-order valence-electron chi connectivity index (χ0n) is 18.2. The number of rotatable bonds is 13. The topological polar surface area (TPSA) is 228 Å².